The first-order chi connectivity index (χ1) is 6.64. The van der Waals surface area contributed by atoms with Crippen LogP contribution in [0.1, 0.15) is 19.8 Å². The molecule has 0 fully saturated rings. The highest BCUT2D eigenvalue weighted by atomic mass is 16.5. The van der Waals surface area contributed by atoms with Crippen LogP contribution >= 0.6 is 0 Å². The third-order valence-corrected chi connectivity index (χ3v) is 2.37. The highest BCUT2D eigenvalue weighted by molar-refractivity contribution is 5.93. The maximum Gasteiger partial charge on any atom is 0.318 e. The third kappa shape index (κ3) is 2.01. The van der Waals surface area contributed by atoms with Gasteiger partial charge >= 0.3 is 5.97 Å². The molecule has 1 aliphatic rings. The lowest BCUT2D eigenvalue weighted by molar-refractivity contribution is -0.155. The van der Waals surface area contributed by atoms with Gasteiger partial charge in [0, 0.05) is 6.42 Å². The van der Waals surface area contributed by atoms with Gasteiger partial charge < -0.3 is 9.84 Å². The smallest absolute Gasteiger partial charge is 0.318 e. The predicted octanol–water partition coefficient (Wildman–Crippen LogP) is 0.447. The molecule has 0 aromatic carbocycles. The van der Waals surface area contributed by atoms with Crippen molar-refractivity contribution >= 4 is 11.8 Å². The minimum absolute atomic E-state index is 0.0154. The van der Waals surface area contributed by atoms with Crippen LogP contribution in [0.4, 0.5) is 0 Å². The molecule has 14 heavy (non-hydrogen) atoms. The number of allylic oxidation sites excluding steroid dienone is 1. The van der Waals surface area contributed by atoms with Crippen molar-refractivity contribution in [3.63, 3.8) is 0 Å². The normalized spacial score (nSPS) is 26.3. The van der Waals surface area contributed by atoms with E-state index in [1.54, 1.807) is 6.92 Å². The van der Waals surface area contributed by atoms with Gasteiger partial charge in [-0.05, 0) is 19.4 Å². The molecular weight excluding hydrogens is 184 g/mol. The Morgan fingerprint density at radius 3 is 2.86 bits per heavy atom. The molecule has 0 saturated heterocycles. The number of carbonyl (C=O) groups is 2. The summed E-state index contributed by atoms with van der Waals surface area (Å²) in [6.07, 6.45) is 3.42. The molecule has 1 rings (SSSR count). The Hall–Kier alpha value is -1.16. The minimum atomic E-state index is -0.996. The molecule has 0 amide bonds. The summed E-state index contributed by atoms with van der Waals surface area (Å²) in [4.78, 5) is 22.4. The highest BCUT2D eigenvalue weighted by Gasteiger charge is 2.39. The van der Waals surface area contributed by atoms with Crippen molar-refractivity contribution in [2.24, 2.45) is 5.41 Å². The van der Waals surface area contributed by atoms with Crippen molar-refractivity contribution in [1.29, 1.82) is 0 Å². The lowest BCUT2D eigenvalue weighted by Crippen LogP contribution is -2.37. The van der Waals surface area contributed by atoms with Crippen LogP contribution in [0.3, 0.4) is 0 Å². The fourth-order valence-electron chi connectivity index (χ4n) is 1.41. The number of ketones is 1. The molecule has 1 unspecified atom stereocenters. The molecule has 4 heteroatoms. The molecule has 1 atom stereocenters. The second-order valence-electron chi connectivity index (χ2n) is 3.33. The average Bonchev–Trinajstić information content (AvgIpc) is 2.20. The Labute approximate surface area is 82.6 Å². The second-order valence-corrected chi connectivity index (χ2v) is 3.33. The summed E-state index contributed by atoms with van der Waals surface area (Å²) in [5, 5.41) is 9.16. The fourth-order valence-corrected chi connectivity index (χ4v) is 1.41. The number of esters is 1. The molecule has 0 aromatic heterocycles. The van der Waals surface area contributed by atoms with Crippen molar-refractivity contribution in [3.8, 4) is 0 Å². The summed E-state index contributed by atoms with van der Waals surface area (Å²) in [5.41, 5.74) is -0.996. The van der Waals surface area contributed by atoms with Gasteiger partial charge in [0.25, 0.3) is 0 Å². The zero-order valence-electron chi connectivity index (χ0n) is 8.16. The van der Waals surface area contributed by atoms with Crippen LogP contribution in [0, 0.1) is 5.41 Å². The minimum Gasteiger partial charge on any atom is -0.465 e. The van der Waals surface area contributed by atoms with Gasteiger partial charge in [-0.15, -0.1) is 0 Å². The van der Waals surface area contributed by atoms with Gasteiger partial charge in [-0.1, -0.05) is 6.08 Å². The predicted molar refractivity (Wildman–Crippen MR) is 49.5 cm³/mol. The molecule has 0 bridgehead atoms. The molecule has 4 nitrogen and oxygen atoms in total. The Balaban J connectivity index is 2.82. The number of hydrogen-bond donors (Lipinski definition) is 1. The maximum absolute atomic E-state index is 11.5. The van der Waals surface area contributed by atoms with Gasteiger partial charge in [-0.3, -0.25) is 9.59 Å². The number of aliphatic hydroxyl groups is 1. The van der Waals surface area contributed by atoms with Crippen molar-refractivity contribution < 1.29 is 19.4 Å². The zero-order chi connectivity index (χ0) is 10.6. The first-order valence-corrected chi connectivity index (χ1v) is 4.65. The van der Waals surface area contributed by atoms with Gasteiger partial charge in [0.2, 0.25) is 0 Å². The van der Waals surface area contributed by atoms with Crippen LogP contribution in [-0.4, -0.2) is 30.1 Å². The number of ether oxygens (including phenoxy) is 1. The molecule has 0 aromatic rings. The molecule has 0 heterocycles. The van der Waals surface area contributed by atoms with Crippen LogP contribution < -0.4 is 0 Å². The number of rotatable bonds is 3. The standard InChI is InChI=1S/C10H14O4/c1-2-14-9(13)10(7-11)5-3-8(12)4-6-10/h3,5,11H,2,4,6-7H2,1H3. The van der Waals surface area contributed by atoms with E-state index in [0.717, 1.165) is 0 Å². The summed E-state index contributed by atoms with van der Waals surface area (Å²) in [6, 6.07) is 0. The SMILES string of the molecule is CCOC(=O)C1(CO)C=CC(=O)CC1. The van der Waals surface area contributed by atoms with Crippen LogP contribution in [-0.2, 0) is 14.3 Å². The Bertz CT molecular complexity index is 269. The van der Waals surface area contributed by atoms with E-state index in [1.165, 1.54) is 12.2 Å². The van der Waals surface area contributed by atoms with E-state index in [4.69, 9.17) is 9.84 Å². The summed E-state index contributed by atoms with van der Waals surface area (Å²) in [6.45, 7) is 1.68. The molecular formula is C10H14O4. The lowest BCUT2D eigenvalue weighted by Gasteiger charge is -2.27. The molecule has 0 spiro atoms. The second kappa shape index (κ2) is 4.37. The first kappa shape index (κ1) is 10.9. The van der Waals surface area contributed by atoms with Gasteiger partial charge in [0.15, 0.2) is 5.78 Å². The topological polar surface area (TPSA) is 63.6 Å². The molecule has 78 valence electrons. The van der Waals surface area contributed by atoms with Crippen LogP contribution in [0.2, 0.25) is 0 Å². The lowest BCUT2D eigenvalue weighted by atomic mass is 9.79. The third-order valence-electron chi connectivity index (χ3n) is 2.37. The zero-order valence-corrected chi connectivity index (χ0v) is 8.16. The van der Waals surface area contributed by atoms with E-state index in [-0.39, 0.29) is 25.4 Å². The number of hydrogen-bond acceptors (Lipinski definition) is 4. The fraction of sp³-hybridized carbons (Fsp3) is 0.600. The van der Waals surface area contributed by atoms with Crippen molar-refractivity contribution in [2.45, 2.75) is 19.8 Å². The molecule has 1 aliphatic carbocycles. The van der Waals surface area contributed by atoms with Crippen LogP contribution in [0.25, 0.3) is 0 Å². The molecule has 0 saturated carbocycles. The van der Waals surface area contributed by atoms with Crippen molar-refractivity contribution in [3.05, 3.63) is 12.2 Å². The first-order valence-electron chi connectivity index (χ1n) is 4.65. The Morgan fingerprint density at radius 1 is 1.71 bits per heavy atom. The highest BCUT2D eigenvalue weighted by Crippen LogP contribution is 2.30. The van der Waals surface area contributed by atoms with E-state index in [0.29, 0.717) is 6.42 Å². The summed E-state index contributed by atoms with van der Waals surface area (Å²) >= 11 is 0. The Kier molecular flexibility index (Phi) is 3.41. The van der Waals surface area contributed by atoms with Crippen LogP contribution in [0.5, 0.6) is 0 Å². The summed E-state index contributed by atoms with van der Waals surface area (Å²) in [7, 11) is 0. The maximum atomic E-state index is 11.5. The van der Waals surface area contributed by atoms with E-state index in [1.807, 2.05) is 0 Å². The molecule has 0 aliphatic heterocycles. The quantitative estimate of drug-likeness (QED) is 0.669. The van der Waals surface area contributed by atoms with Gasteiger partial charge in [0.05, 0.1) is 13.2 Å². The van der Waals surface area contributed by atoms with Gasteiger partial charge in [-0.2, -0.15) is 0 Å². The summed E-state index contributed by atoms with van der Waals surface area (Å²) in [5.74, 6) is -0.468. The van der Waals surface area contributed by atoms with E-state index in [9.17, 15) is 9.59 Å². The van der Waals surface area contributed by atoms with Crippen molar-refractivity contribution in [2.75, 3.05) is 13.2 Å². The van der Waals surface area contributed by atoms with E-state index in [2.05, 4.69) is 0 Å². The van der Waals surface area contributed by atoms with Crippen LogP contribution in [0.15, 0.2) is 12.2 Å². The van der Waals surface area contributed by atoms with E-state index >= 15 is 0 Å². The average molecular weight is 198 g/mol. The monoisotopic (exact) mass is 198 g/mol. The largest absolute Gasteiger partial charge is 0.465 e. The summed E-state index contributed by atoms with van der Waals surface area (Å²) < 4.78 is 4.85. The van der Waals surface area contributed by atoms with E-state index < -0.39 is 11.4 Å². The van der Waals surface area contributed by atoms with Gasteiger partial charge in [0.1, 0.15) is 5.41 Å². The molecule has 1 N–H and O–H groups in total. The number of aliphatic hydroxyl groups excluding tert-OH is 1. The van der Waals surface area contributed by atoms with Crippen molar-refractivity contribution in [1.82, 2.24) is 0 Å². The number of carbonyl (C=O) groups excluding carboxylic acids is 2. The van der Waals surface area contributed by atoms with Gasteiger partial charge in [-0.25, -0.2) is 0 Å². The molecule has 0 radical (unpaired) electrons. The Morgan fingerprint density at radius 2 is 2.43 bits per heavy atom.